The zero-order valence-corrected chi connectivity index (χ0v) is 20.7. The van der Waals surface area contributed by atoms with Crippen molar-refractivity contribution in [2.75, 3.05) is 5.32 Å². The SMILES string of the molecule is CCCc1ccc(C)c(CC(=O)c2ccc(Nc3nc(-c4ccccc4)c4ccccc4n3)cc2)c1. The predicted molar refractivity (Wildman–Crippen MR) is 148 cm³/mol. The minimum absolute atomic E-state index is 0.117. The van der Waals surface area contributed by atoms with Crippen LogP contribution in [0.25, 0.3) is 22.2 Å². The average Bonchev–Trinajstić information content (AvgIpc) is 2.91. The van der Waals surface area contributed by atoms with Gasteiger partial charge in [0.05, 0.1) is 11.2 Å². The molecule has 36 heavy (non-hydrogen) atoms. The Morgan fingerprint density at radius 3 is 2.36 bits per heavy atom. The summed E-state index contributed by atoms with van der Waals surface area (Å²) in [6.45, 7) is 4.24. The largest absolute Gasteiger partial charge is 0.324 e. The molecule has 0 unspecified atom stereocenters. The quantitative estimate of drug-likeness (QED) is 0.235. The van der Waals surface area contributed by atoms with Crippen molar-refractivity contribution in [3.8, 4) is 11.3 Å². The van der Waals surface area contributed by atoms with E-state index in [-0.39, 0.29) is 5.78 Å². The molecule has 0 saturated carbocycles. The lowest BCUT2D eigenvalue weighted by Gasteiger charge is -2.11. The number of hydrogen-bond donors (Lipinski definition) is 1. The van der Waals surface area contributed by atoms with Gasteiger partial charge < -0.3 is 5.32 Å². The summed E-state index contributed by atoms with van der Waals surface area (Å²) in [6.07, 6.45) is 2.54. The standard InChI is InChI=1S/C32H29N3O/c1-3-9-23-15-14-22(2)26(20-23)21-30(36)24-16-18-27(19-17-24)33-32-34-29-13-8-7-12-28(29)31(35-32)25-10-5-4-6-11-25/h4-8,10-20H,3,9,21H2,1-2H3,(H,33,34,35). The molecule has 0 amide bonds. The molecule has 1 heterocycles. The second kappa shape index (κ2) is 10.5. The highest BCUT2D eigenvalue weighted by Gasteiger charge is 2.12. The normalized spacial score (nSPS) is 10.9. The van der Waals surface area contributed by atoms with Gasteiger partial charge in [0.1, 0.15) is 0 Å². The maximum absolute atomic E-state index is 13.0. The van der Waals surface area contributed by atoms with Crippen molar-refractivity contribution in [2.24, 2.45) is 0 Å². The van der Waals surface area contributed by atoms with Crippen molar-refractivity contribution < 1.29 is 4.79 Å². The minimum Gasteiger partial charge on any atom is -0.324 e. The van der Waals surface area contributed by atoms with Gasteiger partial charge in [0.15, 0.2) is 5.78 Å². The molecule has 0 aliphatic rings. The molecule has 0 bridgehead atoms. The third-order valence-electron chi connectivity index (χ3n) is 6.42. The topological polar surface area (TPSA) is 54.9 Å². The maximum atomic E-state index is 13.0. The lowest BCUT2D eigenvalue weighted by Crippen LogP contribution is -2.06. The van der Waals surface area contributed by atoms with E-state index in [1.807, 2.05) is 66.7 Å². The first-order valence-corrected chi connectivity index (χ1v) is 12.4. The average molecular weight is 472 g/mol. The Balaban J connectivity index is 1.36. The molecule has 1 aromatic heterocycles. The molecule has 4 nitrogen and oxygen atoms in total. The number of hydrogen-bond acceptors (Lipinski definition) is 4. The van der Waals surface area contributed by atoms with Crippen LogP contribution in [0.15, 0.2) is 97.1 Å². The summed E-state index contributed by atoms with van der Waals surface area (Å²) in [6, 6.07) is 32.2. The van der Waals surface area contributed by atoms with Crippen LogP contribution in [0.4, 0.5) is 11.6 Å². The van der Waals surface area contributed by atoms with Crippen molar-refractivity contribution in [3.63, 3.8) is 0 Å². The molecule has 0 fully saturated rings. The molecule has 0 spiro atoms. The molecule has 4 aromatic carbocycles. The van der Waals surface area contributed by atoms with E-state index in [9.17, 15) is 4.79 Å². The van der Waals surface area contributed by atoms with Crippen LogP contribution in [-0.4, -0.2) is 15.8 Å². The summed E-state index contributed by atoms with van der Waals surface area (Å²) in [4.78, 5) is 22.5. The van der Waals surface area contributed by atoms with Crippen LogP contribution in [0.5, 0.6) is 0 Å². The summed E-state index contributed by atoms with van der Waals surface area (Å²) in [5, 5.41) is 4.33. The fraction of sp³-hybridized carbons (Fsp3) is 0.156. The van der Waals surface area contributed by atoms with Crippen molar-refractivity contribution in [3.05, 3.63) is 119 Å². The van der Waals surface area contributed by atoms with E-state index in [1.165, 1.54) is 5.56 Å². The lowest BCUT2D eigenvalue weighted by molar-refractivity contribution is 0.0993. The third-order valence-corrected chi connectivity index (χ3v) is 6.42. The number of para-hydroxylation sites is 1. The number of nitrogens with zero attached hydrogens (tertiary/aromatic N) is 2. The van der Waals surface area contributed by atoms with E-state index >= 15 is 0 Å². The number of fused-ring (bicyclic) bond motifs is 1. The third kappa shape index (κ3) is 5.18. The van der Waals surface area contributed by atoms with Crippen LogP contribution < -0.4 is 5.32 Å². The predicted octanol–water partition coefficient (Wildman–Crippen LogP) is 7.73. The summed E-state index contributed by atoms with van der Waals surface area (Å²) in [5.41, 5.74) is 7.88. The summed E-state index contributed by atoms with van der Waals surface area (Å²) >= 11 is 0. The molecular formula is C32H29N3O. The van der Waals surface area contributed by atoms with Gasteiger partial charge in [-0.05, 0) is 60.4 Å². The fourth-order valence-electron chi connectivity index (χ4n) is 4.45. The number of nitrogens with one attached hydrogen (secondary N) is 1. The van der Waals surface area contributed by atoms with Gasteiger partial charge in [0, 0.05) is 28.6 Å². The highest BCUT2D eigenvalue weighted by atomic mass is 16.1. The van der Waals surface area contributed by atoms with Crippen molar-refractivity contribution >= 4 is 28.3 Å². The van der Waals surface area contributed by atoms with E-state index in [4.69, 9.17) is 9.97 Å². The Kier molecular flexibility index (Phi) is 6.85. The van der Waals surface area contributed by atoms with Gasteiger partial charge in [0.2, 0.25) is 5.95 Å². The molecule has 0 atom stereocenters. The molecule has 0 aliphatic carbocycles. The molecule has 178 valence electrons. The zero-order chi connectivity index (χ0) is 24.9. The van der Waals surface area contributed by atoms with Crippen LogP contribution >= 0.6 is 0 Å². The minimum atomic E-state index is 0.117. The Labute approximate surface area is 212 Å². The fourth-order valence-corrected chi connectivity index (χ4v) is 4.45. The molecule has 5 aromatic rings. The van der Waals surface area contributed by atoms with Crippen LogP contribution in [0.2, 0.25) is 0 Å². The van der Waals surface area contributed by atoms with Crippen molar-refractivity contribution in [1.82, 2.24) is 9.97 Å². The molecule has 4 heteroatoms. The number of aromatic nitrogens is 2. The summed E-state index contributed by atoms with van der Waals surface area (Å²) in [7, 11) is 0. The first kappa shape index (κ1) is 23.4. The van der Waals surface area contributed by atoms with Crippen molar-refractivity contribution in [2.45, 2.75) is 33.1 Å². The van der Waals surface area contributed by atoms with Crippen molar-refractivity contribution in [1.29, 1.82) is 0 Å². The van der Waals surface area contributed by atoms with Gasteiger partial charge in [-0.3, -0.25) is 4.79 Å². The van der Waals surface area contributed by atoms with Crippen LogP contribution in [0, 0.1) is 6.92 Å². The highest BCUT2D eigenvalue weighted by Crippen LogP contribution is 2.28. The number of rotatable bonds is 8. The Bertz CT molecular complexity index is 1510. The second-order valence-corrected chi connectivity index (χ2v) is 9.09. The van der Waals surface area contributed by atoms with Gasteiger partial charge in [-0.15, -0.1) is 0 Å². The summed E-state index contributed by atoms with van der Waals surface area (Å²) < 4.78 is 0. The van der Waals surface area contributed by atoms with E-state index in [2.05, 4.69) is 49.5 Å². The molecule has 0 aliphatic heterocycles. The highest BCUT2D eigenvalue weighted by molar-refractivity contribution is 5.98. The number of Topliss-reactive ketones (excluding diaryl/α,β-unsaturated/α-hetero) is 1. The molecular weight excluding hydrogens is 442 g/mol. The number of anilines is 2. The Morgan fingerprint density at radius 1 is 0.833 bits per heavy atom. The first-order valence-electron chi connectivity index (χ1n) is 12.4. The molecule has 5 rings (SSSR count). The number of aryl methyl sites for hydroxylation is 2. The van der Waals surface area contributed by atoms with Crippen LogP contribution in [0.1, 0.15) is 40.4 Å². The summed E-state index contributed by atoms with van der Waals surface area (Å²) in [5.74, 6) is 0.640. The Morgan fingerprint density at radius 2 is 1.58 bits per heavy atom. The second-order valence-electron chi connectivity index (χ2n) is 9.09. The van der Waals surface area contributed by atoms with Gasteiger partial charge in [-0.25, -0.2) is 9.97 Å². The molecule has 1 N–H and O–H groups in total. The Hall–Kier alpha value is -4.31. The van der Waals surface area contributed by atoms with E-state index in [0.29, 0.717) is 17.9 Å². The number of carbonyl (C=O) groups excluding carboxylic acids is 1. The smallest absolute Gasteiger partial charge is 0.228 e. The number of carbonyl (C=O) groups is 1. The monoisotopic (exact) mass is 471 g/mol. The van der Waals surface area contributed by atoms with E-state index < -0.39 is 0 Å². The van der Waals surface area contributed by atoms with E-state index in [1.54, 1.807) is 0 Å². The molecule has 0 saturated heterocycles. The van der Waals surface area contributed by atoms with Gasteiger partial charge in [0.25, 0.3) is 0 Å². The van der Waals surface area contributed by atoms with E-state index in [0.717, 1.165) is 51.8 Å². The number of benzene rings is 4. The molecule has 0 radical (unpaired) electrons. The lowest BCUT2D eigenvalue weighted by atomic mass is 9.96. The van der Waals surface area contributed by atoms with Gasteiger partial charge in [-0.1, -0.05) is 80.1 Å². The zero-order valence-electron chi connectivity index (χ0n) is 20.7. The maximum Gasteiger partial charge on any atom is 0.228 e. The van der Waals surface area contributed by atoms with Gasteiger partial charge in [-0.2, -0.15) is 0 Å². The van der Waals surface area contributed by atoms with Gasteiger partial charge >= 0.3 is 0 Å². The van der Waals surface area contributed by atoms with Crippen LogP contribution in [-0.2, 0) is 12.8 Å². The van der Waals surface area contributed by atoms with Crippen LogP contribution in [0.3, 0.4) is 0 Å². The first-order chi connectivity index (χ1) is 17.6. The number of ketones is 1.